The standard InChI is InChI=1S/C18H18N6O3/c25-17(12-4-6-13(7-5-12)18(26)27)20-14-9-19-23(10-14)11-16-22-21-15-3-1-2-8-24(15)16/h4-7,9-10H,1-3,8,11H2,(H,20,25)(H,26,27). The van der Waals surface area contributed by atoms with Gasteiger partial charge in [-0.15, -0.1) is 10.2 Å². The first-order valence-electron chi connectivity index (χ1n) is 8.68. The SMILES string of the molecule is O=C(O)c1ccc(C(=O)Nc2cnn(Cc3nnc4n3CCCC4)c2)cc1. The number of benzene rings is 1. The van der Waals surface area contributed by atoms with Crippen molar-refractivity contribution < 1.29 is 14.7 Å². The van der Waals surface area contributed by atoms with Gasteiger partial charge < -0.3 is 15.0 Å². The summed E-state index contributed by atoms with van der Waals surface area (Å²) in [6.07, 6.45) is 6.52. The van der Waals surface area contributed by atoms with E-state index >= 15 is 0 Å². The number of rotatable bonds is 5. The van der Waals surface area contributed by atoms with Crippen molar-refractivity contribution in [1.82, 2.24) is 24.5 Å². The molecule has 2 N–H and O–H groups in total. The fourth-order valence-electron chi connectivity index (χ4n) is 3.11. The number of nitrogens with zero attached hydrogens (tertiary/aromatic N) is 5. The molecule has 0 saturated carbocycles. The van der Waals surface area contributed by atoms with Crippen LogP contribution in [0.3, 0.4) is 0 Å². The maximum atomic E-state index is 12.3. The number of anilines is 1. The Kier molecular flexibility index (Phi) is 4.41. The number of nitrogens with one attached hydrogen (secondary N) is 1. The van der Waals surface area contributed by atoms with E-state index in [0.29, 0.717) is 17.8 Å². The third-order valence-corrected chi connectivity index (χ3v) is 4.52. The van der Waals surface area contributed by atoms with Gasteiger partial charge in [-0.2, -0.15) is 5.10 Å². The molecular weight excluding hydrogens is 348 g/mol. The number of fused-ring (bicyclic) bond motifs is 1. The van der Waals surface area contributed by atoms with Crippen molar-refractivity contribution >= 4 is 17.6 Å². The van der Waals surface area contributed by atoms with Crippen molar-refractivity contribution in [3.8, 4) is 0 Å². The van der Waals surface area contributed by atoms with E-state index in [-0.39, 0.29) is 11.5 Å². The predicted molar refractivity (Wildman–Crippen MR) is 95.6 cm³/mol. The summed E-state index contributed by atoms with van der Waals surface area (Å²) < 4.78 is 3.84. The summed E-state index contributed by atoms with van der Waals surface area (Å²) in [5.41, 5.74) is 1.07. The van der Waals surface area contributed by atoms with E-state index in [1.165, 1.54) is 24.3 Å². The molecular formula is C18H18N6O3. The number of aryl methyl sites for hydroxylation is 1. The highest BCUT2D eigenvalue weighted by molar-refractivity contribution is 6.04. The smallest absolute Gasteiger partial charge is 0.335 e. The fraction of sp³-hybridized carbons (Fsp3) is 0.278. The first kappa shape index (κ1) is 17.0. The molecule has 1 aliphatic heterocycles. The number of carbonyl (C=O) groups excluding carboxylic acids is 1. The number of carboxylic acid groups (broad SMARTS) is 1. The average Bonchev–Trinajstić information content (AvgIpc) is 3.29. The lowest BCUT2D eigenvalue weighted by Gasteiger charge is -2.14. The van der Waals surface area contributed by atoms with E-state index in [9.17, 15) is 9.59 Å². The molecule has 27 heavy (non-hydrogen) atoms. The monoisotopic (exact) mass is 366 g/mol. The molecule has 0 saturated heterocycles. The van der Waals surface area contributed by atoms with E-state index in [1.54, 1.807) is 17.1 Å². The molecule has 1 aliphatic rings. The Balaban J connectivity index is 1.42. The van der Waals surface area contributed by atoms with Gasteiger partial charge in [0.2, 0.25) is 0 Å². The van der Waals surface area contributed by atoms with Crippen molar-refractivity contribution in [3.05, 3.63) is 59.4 Å². The molecule has 4 rings (SSSR count). The van der Waals surface area contributed by atoms with Crippen LogP contribution < -0.4 is 5.32 Å². The third kappa shape index (κ3) is 3.57. The highest BCUT2D eigenvalue weighted by Gasteiger charge is 2.16. The normalized spacial score (nSPS) is 13.2. The number of aromatic carboxylic acids is 1. The van der Waals surface area contributed by atoms with E-state index in [0.717, 1.165) is 37.5 Å². The average molecular weight is 366 g/mol. The first-order valence-corrected chi connectivity index (χ1v) is 8.68. The van der Waals surface area contributed by atoms with E-state index in [2.05, 4.69) is 25.2 Å². The Hall–Kier alpha value is -3.49. The number of hydrogen-bond acceptors (Lipinski definition) is 5. The zero-order valence-corrected chi connectivity index (χ0v) is 14.5. The van der Waals surface area contributed by atoms with Crippen LogP contribution in [-0.2, 0) is 19.5 Å². The summed E-state index contributed by atoms with van der Waals surface area (Å²) in [6, 6.07) is 5.75. The molecule has 138 valence electrons. The Morgan fingerprint density at radius 3 is 2.67 bits per heavy atom. The van der Waals surface area contributed by atoms with Gasteiger partial charge >= 0.3 is 5.97 Å². The number of amides is 1. The molecule has 9 nitrogen and oxygen atoms in total. The molecule has 0 spiro atoms. The maximum Gasteiger partial charge on any atom is 0.335 e. The van der Waals surface area contributed by atoms with E-state index in [4.69, 9.17) is 5.11 Å². The largest absolute Gasteiger partial charge is 0.478 e. The van der Waals surface area contributed by atoms with Gasteiger partial charge in [0.15, 0.2) is 5.82 Å². The van der Waals surface area contributed by atoms with Crippen molar-refractivity contribution in [2.75, 3.05) is 5.32 Å². The van der Waals surface area contributed by atoms with Gasteiger partial charge in [0.25, 0.3) is 5.91 Å². The second kappa shape index (κ2) is 7.02. The zero-order chi connectivity index (χ0) is 18.8. The van der Waals surface area contributed by atoms with E-state index < -0.39 is 5.97 Å². The van der Waals surface area contributed by atoms with Gasteiger partial charge in [0.1, 0.15) is 12.4 Å². The second-order valence-corrected chi connectivity index (χ2v) is 6.40. The highest BCUT2D eigenvalue weighted by Crippen LogP contribution is 2.16. The van der Waals surface area contributed by atoms with Crippen LogP contribution in [0.2, 0.25) is 0 Å². The Morgan fingerprint density at radius 2 is 1.89 bits per heavy atom. The minimum absolute atomic E-state index is 0.135. The summed E-state index contributed by atoms with van der Waals surface area (Å²) in [5.74, 6) is 0.516. The lowest BCUT2D eigenvalue weighted by molar-refractivity contribution is 0.0696. The second-order valence-electron chi connectivity index (χ2n) is 6.40. The Labute approximate surface area is 154 Å². The Morgan fingerprint density at radius 1 is 1.11 bits per heavy atom. The number of hydrogen-bond donors (Lipinski definition) is 2. The maximum absolute atomic E-state index is 12.3. The summed E-state index contributed by atoms with van der Waals surface area (Å²) in [7, 11) is 0. The first-order chi connectivity index (χ1) is 13.1. The van der Waals surface area contributed by atoms with Crippen LogP contribution in [0.15, 0.2) is 36.7 Å². The minimum atomic E-state index is -1.03. The summed E-state index contributed by atoms with van der Waals surface area (Å²) in [6.45, 7) is 1.41. The van der Waals surface area contributed by atoms with Crippen LogP contribution >= 0.6 is 0 Å². The van der Waals surface area contributed by atoms with Crippen molar-refractivity contribution in [3.63, 3.8) is 0 Å². The molecule has 0 aliphatic carbocycles. The lowest BCUT2D eigenvalue weighted by Crippen LogP contribution is -2.15. The van der Waals surface area contributed by atoms with Gasteiger partial charge in [-0.25, -0.2) is 4.79 Å². The summed E-state index contributed by atoms with van der Waals surface area (Å²) in [5, 5.41) is 24.4. The molecule has 1 amide bonds. The number of aromatic nitrogens is 5. The third-order valence-electron chi connectivity index (χ3n) is 4.52. The van der Waals surface area contributed by atoms with Gasteiger partial charge in [0, 0.05) is 24.7 Å². The van der Waals surface area contributed by atoms with Gasteiger partial charge in [-0.3, -0.25) is 9.48 Å². The summed E-state index contributed by atoms with van der Waals surface area (Å²) >= 11 is 0. The van der Waals surface area contributed by atoms with Crippen LogP contribution in [-0.4, -0.2) is 41.5 Å². The lowest BCUT2D eigenvalue weighted by atomic mass is 10.1. The van der Waals surface area contributed by atoms with Crippen molar-refractivity contribution in [2.24, 2.45) is 0 Å². The topological polar surface area (TPSA) is 115 Å². The van der Waals surface area contributed by atoms with Crippen molar-refractivity contribution in [2.45, 2.75) is 32.4 Å². The van der Waals surface area contributed by atoms with Gasteiger partial charge in [0.05, 0.1) is 17.4 Å². The number of carboxylic acids is 1. The molecule has 9 heteroatoms. The van der Waals surface area contributed by atoms with E-state index in [1.807, 2.05) is 0 Å². The molecule has 0 atom stereocenters. The number of carbonyl (C=O) groups is 2. The molecule has 0 fully saturated rings. The summed E-state index contributed by atoms with van der Waals surface area (Å²) in [4.78, 5) is 23.2. The fourth-order valence-corrected chi connectivity index (χ4v) is 3.11. The minimum Gasteiger partial charge on any atom is -0.478 e. The molecule has 2 aromatic heterocycles. The van der Waals surface area contributed by atoms with Crippen LogP contribution in [0.4, 0.5) is 5.69 Å². The van der Waals surface area contributed by atoms with Crippen LogP contribution in [0.1, 0.15) is 45.2 Å². The van der Waals surface area contributed by atoms with Crippen molar-refractivity contribution in [1.29, 1.82) is 0 Å². The Bertz CT molecular complexity index is 989. The van der Waals surface area contributed by atoms with Crippen LogP contribution in [0.5, 0.6) is 0 Å². The zero-order valence-electron chi connectivity index (χ0n) is 14.5. The molecule has 1 aromatic carbocycles. The molecule has 3 heterocycles. The molecule has 0 unspecified atom stereocenters. The quantitative estimate of drug-likeness (QED) is 0.712. The van der Waals surface area contributed by atoms with Crippen LogP contribution in [0.25, 0.3) is 0 Å². The van der Waals surface area contributed by atoms with Crippen LogP contribution in [0, 0.1) is 0 Å². The molecule has 0 radical (unpaired) electrons. The highest BCUT2D eigenvalue weighted by atomic mass is 16.4. The van der Waals surface area contributed by atoms with Gasteiger partial charge in [-0.1, -0.05) is 0 Å². The molecule has 0 bridgehead atoms. The van der Waals surface area contributed by atoms with Gasteiger partial charge in [-0.05, 0) is 37.1 Å². The molecule has 3 aromatic rings. The predicted octanol–water partition coefficient (Wildman–Crippen LogP) is 1.81.